The molecule has 0 aliphatic carbocycles. The molecule has 2 heterocycles. The molecule has 0 unspecified atom stereocenters. The number of rotatable bonds is 5. The Labute approximate surface area is 176 Å². The van der Waals surface area contributed by atoms with E-state index in [1.807, 2.05) is 0 Å². The highest BCUT2D eigenvalue weighted by Crippen LogP contribution is 2.36. The van der Waals surface area contributed by atoms with Crippen LogP contribution in [0.25, 0.3) is 11.3 Å². The van der Waals surface area contributed by atoms with Crippen molar-refractivity contribution in [2.24, 2.45) is 7.05 Å². The van der Waals surface area contributed by atoms with E-state index in [1.54, 1.807) is 19.3 Å². The summed E-state index contributed by atoms with van der Waals surface area (Å²) < 4.78 is 65.4. The van der Waals surface area contributed by atoms with Crippen molar-refractivity contribution in [3.8, 4) is 11.3 Å². The third kappa shape index (κ3) is 5.40. The van der Waals surface area contributed by atoms with Crippen LogP contribution in [-0.2, 0) is 27.9 Å². The number of halogens is 3. The standard InChI is InChI=1S/C19H18F3N5O3S/c1-11(28)24-18-9-17(15(10-23-18)16-4-5-27(2)26-16)25-13-6-12(19(20,21)22)7-14(8-13)31(3,29)30/h4-10H,1-3H3,(H2,23,24,25,28). The molecule has 2 N–H and O–H groups in total. The molecule has 164 valence electrons. The second-order valence-corrected chi connectivity index (χ2v) is 8.83. The van der Waals surface area contributed by atoms with Crippen molar-refractivity contribution >= 4 is 32.9 Å². The molecule has 12 heteroatoms. The molecule has 1 aromatic carbocycles. The fourth-order valence-corrected chi connectivity index (χ4v) is 3.46. The van der Waals surface area contributed by atoms with Crippen LogP contribution in [0.3, 0.4) is 0 Å². The van der Waals surface area contributed by atoms with E-state index < -0.39 is 26.5 Å². The van der Waals surface area contributed by atoms with E-state index in [1.165, 1.54) is 23.9 Å². The first kappa shape index (κ1) is 22.3. The van der Waals surface area contributed by atoms with Crippen LogP contribution in [0.5, 0.6) is 0 Å². The number of benzene rings is 1. The van der Waals surface area contributed by atoms with Crippen molar-refractivity contribution in [1.82, 2.24) is 14.8 Å². The van der Waals surface area contributed by atoms with E-state index in [0.29, 0.717) is 17.3 Å². The van der Waals surface area contributed by atoms with E-state index in [0.717, 1.165) is 18.4 Å². The normalized spacial score (nSPS) is 11.9. The number of sulfone groups is 1. The maximum atomic E-state index is 13.3. The number of hydrogen-bond donors (Lipinski definition) is 2. The summed E-state index contributed by atoms with van der Waals surface area (Å²) in [6.45, 7) is 1.28. The van der Waals surface area contributed by atoms with Gasteiger partial charge in [-0.3, -0.25) is 9.48 Å². The molecule has 0 aliphatic heterocycles. The Morgan fingerprint density at radius 1 is 1.16 bits per heavy atom. The van der Waals surface area contributed by atoms with Gasteiger partial charge in [0.2, 0.25) is 5.91 Å². The third-order valence-electron chi connectivity index (χ3n) is 4.14. The number of aryl methyl sites for hydroxylation is 1. The first-order valence-electron chi connectivity index (χ1n) is 8.80. The summed E-state index contributed by atoms with van der Waals surface area (Å²) in [6, 6.07) is 5.58. The van der Waals surface area contributed by atoms with Crippen LogP contribution < -0.4 is 10.6 Å². The highest BCUT2D eigenvalue weighted by atomic mass is 32.2. The molecule has 31 heavy (non-hydrogen) atoms. The molecule has 0 atom stereocenters. The van der Waals surface area contributed by atoms with Gasteiger partial charge in [0.05, 0.1) is 21.8 Å². The van der Waals surface area contributed by atoms with Crippen LogP contribution in [0.4, 0.5) is 30.4 Å². The number of alkyl halides is 3. The largest absolute Gasteiger partial charge is 0.416 e. The lowest BCUT2D eigenvalue weighted by Crippen LogP contribution is -2.10. The Balaban J connectivity index is 2.15. The van der Waals surface area contributed by atoms with Gasteiger partial charge in [0.15, 0.2) is 9.84 Å². The maximum absolute atomic E-state index is 13.3. The minimum Gasteiger partial charge on any atom is -0.355 e. The van der Waals surface area contributed by atoms with Gasteiger partial charge in [-0.15, -0.1) is 0 Å². The molecule has 0 aliphatic rings. The Hall–Kier alpha value is -3.41. The van der Waals surface area contributed by atoms with Gasteiger partial charge in [-0.1, -0.05) is 0 Å². The van der Waals surface area contributed by atoms with Crippen LogP contribution >= 0.6 is 0 Å². The number of amides is 1. The van der Waals surface area contributed by atoms with Crippen molar-refractivity contribution in [2.75, 3.05) is 16.9 Å². The van der Waals surface area contributed by atoms with E-state index in [-0.39, 0.29) is 23.1 Å². The number of nitrogens with one attached hydrogen (secondary N) is 2. The summed E-state index contributed by atoms with van der Waals surface area (Å²) in [7, 11) is -2.21. The second-order valence-electron chi connectivity index (χ2n) is 6.81. The molecule has 0 spiro atoms. The number of carbonyl (C=O) groups excluding carboxylic acids is 1. The number of aromatic nitrogens is 3. The van der Waals surface area contributed by atoms with Crippen molar-refractivity contribution in [3.63, 3.8) is 0 Å². The SMILES string of the molecule is CC(=O)Nc1cc(Nc2cc(C(F)(F)F)cc(S(C)(=O)=O)c2)c(-c2ccn(C)n2)cn1. The molecule has 1 amide bonds. The zero-order chi connectivity index (χ0) is 23.0. The van der Waals surface area contributed by atoms with Crippen molar-refractivity contribution in [3.05, 3.63) is 48.3 Å². The summed E-state index contributed by atoms with van der Waals surface area (Å²) in [5.41, 5.74) is -0.0349. The van der Waals surface area contributed by atoms with Crippen molar-refractivity contribution < 1.29 is 26.4 Å². The van der Waals surface area contributed by atoms with E-state index in [2.05, 4.69) is 20.7 Å². The van der Waals surface area contributed by atoms with Crippen LogP contribution in [0, 0.1) is 0 Å². The second kappa shape index (κ2) is 8.02. The molecule has 0 radical (unpaired) electrons. The fraction of sp³-hybridized carbons (Fsp3) is 0.211. The van der Waals surface area contributed by atoms with Gasteiger partial charge in [0, 0.05) is 49.9 Å². The zero-order valence-electron chi connectivity index (χ0n) is 16.6. The maximum Gasteiger partial charge on any atom is 0.416 e. The molecule has 0 saturated carbocycles. The predicted molar refractivity (Wildman–Crippen MR) is 109 cm³/mol. The minimum atomic E-state index is -4.75. The third-order valence-corrected chi connectivity index (χ3v) is 5.23. The van der Waals surface area contributed by atoms with Crippen LogP contribution in [0.2, 0.25) is 0 Å². The minimum absolute atomic E-state index is 0.104. The first-order valence-corrected chi connectivity index (χ1v) is 10.7. The molecule has 8 nitrogen and oxygen atoms in total. The van der Waals surface area contributed by atoms with Gasteiger partial charge in [0.1, 0.15) is 5.82 Å². The molecule has 3 aromatic rings. The molecule has 0 fully saturated rings. The van der Waals surface area contributed by atoms with Crippen molar-refractivity contribution in [2.45, 2.75) is 18.0 Å². The van der Waals surface area contributed by atoms with Gasteiger partial charge in [0.25, 0.3) is 0 Å². The summed E-state index contributed by atoms with van der Waals surface area (Å²) >= 11 is 0. The average molecular weight is 453 g/mol. The topological polar surface area (TPSA) is 106 Å². The average Bonchev–Trinajstić information content (AvgIpc) is 3.06. The highest BCUT2D eigenvalue weighted by molar-refractivity contribution is 7.90. The number of anilines is 3. The summed E-state index contributed by atoms with van der Waals surface area (Å²) in [4.78, 5) is 15.0. The molecule has 0 bridgehead atoms. The molecule has 2 aromatic heterocycles. The smallest absolute Gasteiger partial charge is 0.355 e. The van der Waals surface area contributed by atoms with Crippen LogP contribution in [0.1, 0.15) is 12.5 Å². The Bertz CT molecular complexity index is 1250. The number of nitrogens with zero attached hydrogens (tertiary/aromatic N) is 3. The number of hydrogen-bond acceptors (Lipinski definition) is 6. The fourth-order valence-electron chi connectivity index (χ4n) is 2.77. The molecule has 3 rings (SSSR count). The Morgan fingerprint density at radius 2 is 1.87 bits per heavy atom. The first-order chi connectivity index (χ1) is 14.3. The van der Waals surface area contributed by atoms with Gasteiger partial charge in [-0.2, -0.15) is 18.3 Å². The molecular formula is C19H18F3N5O3S. The lowest BCUT2D eigenvalue weighted by atomic mass is 10.1. The quantitative estimate of drug-likeness (QED) is 0.612. The van der Waals surface area contributed by atoms with Crippen LogP contribution in [-0.4, -0.2) is 35.3 Å². The van der Waals surface area contributed by atoms with E-state index >= 15 is 0 Å². The van der Waals surface area contributed by atoms with Crippen molar-refractivity contribution in [1.29, 1.82) is 0 Å². The van der Waals surface area contributed by atoms with Gasteiger partial charge < -0.3 is 10.6 Å². The summed E-state index contributed by atoms with van der Waals surface area (Å²) in [5.74, 6) is -0.229. The lowest BCUT2D eigenvalue weighted by Gasteiger charge is -2.15. The van der Waals surface area contributed by atoms with E-state index in [9.17, 15) is 26.4 Å². The predicted octanol–water partition coefficient (Wildman–Crippen LogP) is 3.61. The van der Waals surface area contributed by atoms with Gasteiger partial charge in [-0.05, 0) is 24.3 Å². The highest BCUT2D eigenvalue weighted by Gasteiger charge is 2.32. The monoisotopic (exact) mass is 453 g/mol. The lowest BCUT2D eigenvalue weighted by molar-refractivity contribution is -0.137. The molecule has 0 saturated heterocycles. The summed E-state index contributed by atoms with van der Waals surface area (Å²) in [5, 5.41) is 9.57. The number of pyridine rings is 1. The van der Waals surface area contributed by atoms with E-state index in [4.69, 9.17) is 0 Å². The number of carbonyl (C=O) groups is 1. The van der Waals surface area contributed by atoms with Gasteiger partial charge in [-0.25, -0.2) is 13.4 Å². The Kier molecular flexibility index (Phi) is 5.77. The summed E-state index contributed by atoms with van der Waals surface area (Å²) in [6.07, 6.45) is -0.846. The van der Waals surface area contributed by atoms with Gasteiger partial charge >= 0.3 is 6.18 Å². The van der Waals surface area contributed by atoms with Crippen LogP contribution in [0.15, 0.2) is 47.6 Å². The molecular weight excluding hydrogens is 435 g/mol. The zero-order valence-corrected chi connectivity index (χ0v) is 17.5. The Morgan fingerprint density at radius 3 is 2.42 bits per heavy atom.